The molecule has 9 heteroatoms. The number of rotatable bonds is 4. The molecular weight excluding hydrogens is 372 g/mol. The van der Waals surface area contributed by atoms with Crippen LogP contribution in [0.25, 0.3) is 6.08 Å². The van der Waals surface area contributed by atoms with Crippen molar-refractivity contribution < 1.29 is 24.0 Å². The number of nitro groups is 1. The minimum absolute atomic E-state index is 0.148. The van der Waals surface area contributed by atoms with Crippen LogP contribution in [0.5, 0.6) is 11.5 Å². The third-order valence-electron chi connectivity index (χ3n) is 3.61. The Morgan fingerprint density at radius 3 is 2.70 bits per heavy atom. The Morgan fingerprint density at radius 2 is 2.04 bits per heavy atom. The summed E-state index contributed by atoms with van der Waals surface area (Å²) < 4.78 is 10.0. The second-order valence-electron chi connectivity index (χ2n) is 5.50. The summed E-state index contributed by atoms with van der Waals surface area (Å²) in [4.78, 5) is 35.2. The number of fused-ring (bicyclic) bond motifs is 1. The van der Waals surface area contributed by atoms with Gasteiger partial charge in [-0.25, -0.2) is 0 Å². The van der Waals surface area contributed by atoms with Crippen LogP contribution in [0.1, 0.15) is 12.5 Å². The van der Waals surface area contributed by atoms with Gasteiger partial charge in [-0.05, 0) is 35.9 Å². The van der Waals surface area contributed by atoms with E-state index in [0.29, 0.717) is 21.9 Å². The first-order valence-electron chi connectivity index (χ1n) is 7.73. The van der Waals surface area contributed by atoms with Crippen LogP contribution in [0.15, 0.2) is 46.2 Å². The molecule has 1 heterocycles. The molecule has 1 amide bonds. The van der Waals surface area contributed by atoms with E-state index >= 15 is 0 Å². The maximum absolute atomic E-state index is 12.3. The number of nitrogens with zero attached hydrogens (tertiary/aromatic N) is 1. The molecule has 0 aromatic heterocycles. The highest BCUT2D eigenvalue weighted by molar-refractivity contribution is 8.04. The van der Waals surface area contributed by atoms with Crippen molar-refractivity contribution in [1.82, 2.24) is 0 Å². The number of hydrogen-bond donors (Lipinski definition) is 1. The normalized spacial score (nSPS) is 14.3. The zero-order valence-electron chi connectivity index (χ0n) is 14.3. The van der Waals surface area contributed by atoms with Crippen LogP contribution in [0, 0.1) is 10.1 Å². The van der Waals surface area contributed by atoms with Gasteiger partial charge in [0.15, 0.2) is 0 Å². The molecule has 0 aliphatic carbocycles. The topological polar surface area (TPSA) is 108 Å². The molecule has 0 saturated heterocycles. The second kappa shape index (κ2) is 7.50. The fourth-order valence-electron chi connectivity index (χ4n) is 2.42. The Bertz CT molecular complexity index is 986. The van der Waals surface area contributed by atoms with Gasteiger partial charge >= 0.3 is 11.7 Å². The molecular formula is C18H14N2O6S. The number of methoxy groups -OCH3 is 1. The maximum atomic E-state index is 12.3. The molecule has 0 bridgehead atoms. The van der Waals surface area contributed by atoms with Crippen molar-refractivity contribution in [1.29, 1.82) is 0 Å². The van der Waals surface area contributed by atoms with Crippen LogP contribution in [0.3, 0.4) is 0 Å². The SMILES string of the molecule is COc1ccc2c(c1)SC(=Cc1ccc(OC(C)=O)c([N+](=O)[O-])c1)C(=O)N2. The average Bonchev–Trinajstić information content (AvgIpc) is 2.62. The smallest absolute Gasteiger partial charge is 0.312 e. The monoisotopic (exact) mass is 386 g/mol. The zero-order chi connectivity index (χ0) is 19.6. The van der Waals surface area contributed by atoms with Crippen LogP contribution >= 0.6 is 11.8 Å². The lowest BCUT2D eigenvalue weighted by atomic mass is 10.1. The average molecular weight is 386 g/mol. The standard InChI is InChI=1S/C18H14N2O6S/c1-10(21)26-15-6-3-11(7-14(15)20(23)24)8-17-18(22)19-13-5-4-12(25-2)9-16(13)27-17/h3-9H,1-2H3,(H,19,22). The molecule has 138 valence electrons. The summed E-state index contributed by atoms with van der Waals surface area (Å²) in [5, 5.41) is 14.0. The summed E-state index contributed by atoms with van der Waals surface area (Å²) in [5.74, 6) is -0.468. The van der Waals surface area contributed by atoms with Gasteiger partial charge in [-0.1, -0.05) is 17.8 Å². The lowest BCUT2D eigenvalue weighted by Crippen LogP contribution is -2.17. The number of anilines is 1. The van der Waals surface area contributed by atoms with Gasteiger partial charge < -0.3 is 14.8 Å². The molecule has 3 rings (SSSR count). The Labute approximate surface area is 158 Å². The highest BCUT2D eigenvalue weighted by atomic mass is 32.2. The minimum atomic E-state index is -0.656. The Morgan fingerprint density at radius 1 is 1.26 bits per heavy atom. The van der Waals surface area contributed by atoms with Crippen LogP contribution in [0.4, 0.5) is 11.4 Å². The number of carbonyl (C=O) groups excluding carboxylic acids is 2. The molecule has 1 aliphatic heterocycles. The van der Waals surface area contributed by atoms with E-state index in [2.05, 4.69) is 5.32 Å². The van der Waals surface area contributed by atoms with Crippen LogP contribution in [-0.4, -0.2) is 23.9 Å². The van der Waals surface area contributed by atoms with Crippen LogP contribution < -0.4 is 14.8 Å². The van der Waals surface area contributed by atoms with E-state index in [1.165, 1.54) is 36.0 Å². The zero-order valence-corrected chi connectivity index (χ0v) is 15.2. The summed E-state index contributed by atoms with van der Waals surface area (Å²) in [6.45, 7) is 1.16. The van der Waals surface area contributed by atoms with Crippen molar-refractivity contribution in [3.8, 4) is 11.5 Å². The van der Waals surface area contributed by atoms with Gasteiger partial charge in [0.25, 0.3) is 5.91 Å². The van der Waals surface area contributed by atoms with Crippen molar-refractivity contribution in [2.24, 2.45) is 0 Å². The van der Waals surface area contributed by atoms with E-state index < -0.39 is 10.9 Å². The molecule has 2 aromatic rings. The second-order valence-corrected chi connectivity index (χ2v) is 6.59. The van der Waals surface area contributed by atoms with E-state index in [1.807, 2.05) is 0 Å². The third kappa shape index (κ3) is 4.09. The van der Waals surface area contributed by atoms with E-state index in [-0.39, 0.29) is 17.3 Å². The Hall–Kier alpha value is -3.33. The Kier molecular flexibility index (Phi) is 5.13. The summed E-state index contributed by atoms with van der Waals surface area (Å²) in [5.41, 5.74) is 0.739. The highest BCUT2D eigenvalue weighted by Gasteiger charge is 2.23. The summed E-state index contributed by atoms with van der Waals surface area (Å²) >= 11 is 1.23. The van der Waals surface area contributed by atoms with Crippen LogP contribution in [0.2, 0.25) is 0 Å². The van der Waals surface area contributed by atoms with Gasteiger partial charge in [-0.15, -0.1) is 0 Å². The quantitative estimate of drug-likeness (QED) is 0.281. The molecule has 0 saturated carbocycles. The molecule has 0 radical (unpaired) electrons. The first-order valence-corrected chi connectivity index (χ1v) is 8.55. The van der Waals surface area contributed by atoms with Gasteiger partial charge in [0.05, 0.1) is 22.6 Å². The number of amides is 1. The van der Waals surface area contributed by atoms with Crippen molar-refractivity contribution in [2.45, 2.75) is 11.8 Å². The molecule has 2 aromatic carbocycles. The minimum Gasteiger partial charge on any atom is -0.497 e. The summed E-state index contributed by atoms with van der Waals surface area (Å²) in [6.07, 6.45) is 1.53. The number of thioether (sulfide) groups is 1. The fraction of sp³-hybridized carbons (Fsp3) is 0.111. The molecule has 27 heavy (non-hydrogen) atoms. The van der Waals surface area contributed by atoms with Gasteiger partial charge in [0.1, 0.15) is 5.75 Å². The number of benzene rings is 2. The molecule has 1 aliphatic rings. The van der Waals surface area contributed by atoms with Gasteiger partial charge in [-0.3, -0.25) is 19.7 Å². The fourth-order valence-corrected chi connectivity index (χ4v) is 3.40. The van der Waals surface area contributed by atoms with E-state index in [9.17, 15) is 19.7 Å². The van der Waals surface area contributed by atoms with Crippen molar-refractivity contribution in [3.63, 3.8) is 0 Å². The van der Waals surface area contributed by atoms with Crippen molar-refractivity contribution in [3.05, 3.63) is 57.0 Å². The van der Waals surface area contributed by atoms with Gasteiger partial charge in [-0.2, -0.15) is 0 Å². The molecule has 0 atom stereocenters. The van der Waals surface area contributed by atoms with Crippen molar-refractivity contribution in [2.75, 3.05) is 12.4 Å². The maximum Gasteiger partial charge on any atom is 0.312 e. The molecule has 0 fully saturated rings. The number of carbonyl (C=O) groups is 2. The largest absolute Gasteiger partial charge is 0.497 e. The number of nitrogens with one attached hydrogen (secondary N) is 1. The summed E-state index contributed by atoms with van der Waals surface area (Å²) in [7, 11) is 1.55. The summed E-state index contributed by atoms with van der Waals surface area (Å²) in [6, 6.07) is 9.39. The van der Waals surface area contributed by atoms with E-state index in [1.54, 1.807) is 25.3 Å². The number of ether oxygens (including phenoxy) is 2. The van der Waals surface area contributed by atoms with Gasteiger partial charge in [0.2, 0.25) is 5.75 Å². The van der Waals surface area contributed by atoms with Gasteiger partial charge in [0, 0.05) is 17.9 Å². The first-order chi connectivity index (χ1) is 12.9. The lowest BCUT2D eigenvalue weighted by molar-refractivity contribution is -0.385. The molecule has 0 spiro atoms. The van der Waals surface area contributed by atoms with Crippen LogP contribution in [-0.2, 0) is 9.59 Å². The molecule has 0 unspecified atom stereocenters. The number of esters is 1. The first kappa shape index (κ1) is 18.5. The van der Waals surface area contributed by atoms with E-state index in [0.717, 1.165) is 11.8 Å². The third-order valence-corrected chi connectivity index (χ3v) is 4.69. The highest BCUT2D eigenvalue weighted by Crippen LogP contribution is 2.41. The van der Waals surface area contributed by atoms with E-state index in [4.69, 9.17) is 9.47 Å². The number of hydrogen-bond acceptors (Lipinski definition) is 7. The predicted octanol–water partition coefficient (Wildman–Crippen LogP) is 3.61. The Balaban J connectivity index is 1.96. The lowest BCUT2D eigenvalue weighted by Gasteiger charge is -2.19. The molecule has 8 nitrogen and oxygen atoms in total. The number of nitro benzene ring substituents is 1. The van der Waals surface area contributed by atoms with Crippen molar-refractivity contribution >= 4 is 41.1 Å². The predicted molar refractivity (Wildman–Crippen MR) is 99.9 cm³/mol. The molecule has 1 N–H and O–H groups in total.